The molecule has 0 aromatic heterocycles. The predicted octanol–water partition coefficient (Wildman–Crippen LogP) is 2.63. The smallest absolute Gasteiger partial charge is 0.241 e. The van der Waals surface area contributed by atoms with Crippen molar-refractivity contribution in [2.45, 2.75) is 50.2 Å². The molecular weight excluding hydrogens is 352 g/mol. The Morgan fingerprint density at radius 3 is 2.42 bits per heavy atom. The molecule has 6 nitrogen and oxygen atoms in total. The van der Waals surface area contributed by atoms with Gasteiger partial charge in [-0.15, -0.1) is 0 Å². The van der Waals surface area contributed by atoms with Crippen LogP contribution in [0.5, 0.6) is 0 Å². The third-order valence-corrected chi connectivity index (χ3v) is 6.50. The van der Waals surface area contributed by atoms with Gasteiger partial charge in [-0.05, 0) is 37.3 Å². The van der Waals surface area contributed by atoms with Crippen molar-refractivity contribution in [3.8, 4) is 0 Å². The summed E-state index contributed by atoms with van der Waals surface area (Å²) in [5, 5.41) is 13.5. The molecule has 1 amide bonds. The summed E-state index contributed by atoms with van der Waals surface area (Å²) >= 11 is 0. The van der Waals surface area contributed by atoms with Gasteiger partial charge in [0.05, 0.1) is 11.0 Å². The lowest BCUT2D eigenvalue weighted by molar-refractivity contribution is -0.114. The molecule has 0 aliphatic heterocycles. The molecule has 0 radical (unpaired) electrons. The quantitative estimate of drug-likeness (QED) is 0.722. The second kappa shape index (κ2) is 7.34. The van der Waals surface area contributed by atoms with Crippen LogP contribution in [0, 0.1) is 5.92 Å². The third-order valence-electron chi connectivity index (χ3n) is 4.95. The average Bonchev–Trinajstić information content (AvgIpc) is 2.57. The average molecular weight is 376 g/mol. The number of rotatable bonds is 6. The molecule has 0 saturated heterocycles. The first-order valence-corrected chi connectivity index (χ1v) is 10.3. The number of sulfonamides is 1. The van der Waals surface area contributed by atoms with Crippen LogP contribution in [-0.2, 0) is 14.8 Å². The van der Waals surface area contributed by atoms with E-state index in [0.29, 0.717) is 35.7 Å². The van der Waals surface area contributed by atoms with Crippen molar-refractivity contribution < 1.29 is 18.3 Å². The second-order valence-corrected chi connectivity index (χ2v) is 8.54. The Morgan fingerprint density at radius 2 is 1.85 bits per heavy atom. The lowest BCUT2D eigenvalue weighted by Gasteiger charge is -2.37. The highest BCUT2D eigenvalue weighted by Gasteiger charge is 2.35. The monoisotopic (exact) mass is 376 g/mol. The van der Waals surface area contributed by atoms with Crippen LogP contribution in [0.1, 0.15) is 33.1 Å². The van der Waals surface area contributed by atoms with E-state index in [2.05, 4.69) is 10.0 Å². The van der Waals surface area contributed by atoms with Gasteiger partial charge >= 0.3 is 0 Å². The number of aliphatic hydroxyl groups is 1. The van der Waals surface area contributed by atoms with Crippen molar-refractivity contribution in [2.24, 2.45) is 5.92 Å². The van der Waals surface area contributed by atoms with E-state index in [1.54, 1.807) is 24.3 Å². The van der Waals surface area contributed by atoms with Crippen LogP contribution in [0.2, 0.25) is 0 Å². The van der Waals surface area contributed by atoms with Gasteiger partial charge in [0.1, 0.15) is 0 Å². The number of nitrogens with one attached hydrogen (secondary N) is 2. The second-order valence-electron chi connectivity index (χ2n) is 6.86. The minimum atomic E-state index is -3.73. The molecule has 0 bridgehead atoms. The first-order chi connectivity index (χ1) is 12.3. The summed E-state index contributed by atoms with van der Waals surface area (Å²) < 4.78 is 28.8. The topological polar surface area (TPSA) is 95.5 Å². The molecule has 0 heterocycles. The van der Waals surface area contributed by atoms with E-state index in [1.165, 1.54) is 13.0 Å². The summed E-state index contributed by atoms with van der Waals surface area (Å²) in [6, 6.07) is 10.1. The number of benzene rings is 2. The highest BCUT2D eigenvalue weighted by atomic mass is 32.2. The van der Waals surface area contributed by atoms with Crippen molar-refractivity contribution in [2.75, 3.05) is 5.32 Å². The van der Waals surface area contributed by atoms with Crippen molar-refractivity contribution >= 4 is 32.4 Å². The van der Waals surface area contributed by atoms with Gasteiger partial charge in [0.25, 0.3) is 0 Å². The fraction of sp³-hybridized carbons (Fsp3) is 0.421. The summed E-state index contributed by atoms with van der Waals surface area (Å²) in [4.78, 5) is 11.6. The maximum absolute atomic E-state index is 13.0. The summed E-state index contributed by atoms with van der Waals surface area (Å²) in [5.41, 5.74) is 0.584. The number of hydrogen-bond donors (Lipinski definition) is 3. The Morgan fingerprint density at radius 1 is 1.19 bits per heavy atom. The van der Waals surface area contributed by atoms with Gasteiger partial charge in [-0.3, -0.25) is 4.79 Å². The van der Waals surface area contributed by atoms with Gasteiger partial charge in [-0.25, -0.2) is 13.1 Å². The lowest BCUT2D eigenvalue weighted by atomic mass is 9.77. The number of fused-ring (bicyclic) bond motifs is 1. The van der Waals surface area contributed by atoms with Crippen molar-refractivity contribution in [1.82, 2.24) is 4.72 Å². The number of carbonyl (C=O) groups excluding carboxylic acids is 1. The van der Waals surface area contributed by atoms with Gasteiger partial charge in [-0.1, -0.05) is 31.2 Å². The summed E-state index contributed by atoms with van der Waals surface area (Å²) in [6.07, 6.45) is 1.60. The summed E-state index contributed by atoms with van der Waals surface area (Å²) in [5.74, 6) is -0.0480. The molecule has 26 heavy (non-hydrogen) atoms. The molecule has 1 aliphatic carbocycles. The number of amides is 1. The molecule has 3 N–H and O–H groups in total. The Labute approximate surface area is 153 Å². The summed E-state index contributed by atoms with van der Waals surface area (Å²) in [7, 11) is -3.73. The lowest BCUT2D eigenvalue weighted by Crippen LogP contribution is -2.46. The SMILES string of the molecule is CCC(NS(=O)(=O)c1ccc(NC(C)=O)c2ccccc12)C1CC(O)C1. The molecule has 0 spiro atoms. The fourth-order valence-corrected chi connectivity index (χ4v) is 5.14. The molecule has 7 heteroatoms. The molecule has 1 unspecified atom stereocenters. The Bertz CT molecular complexity index is 920. The normalized spacial score (nSPS) is 21.2. The molecule has 140 valence electrons. The molecule has 2 aromatic carbocycles. The molecule has 1 aliphatic rings. The number of anilines is 1. The van der Waals surface area contributed by atoms with E-state index in [1.807, 2.05) is 13.0 Å². The number of carbonyl (C=O) groups is 1. The van der Waals surface area contributed by atoms with Gasteiger partial charge in [0.2, 0.25) is 15.9 Å². The van der Waals surface area contributed by atoms with Crippen LogP contribution < -0.4 is 10.0 Å². The van der Waals surface area contributed by atoms with Crippen molar-refractivity contribution in [3.05, 3.63) is 36.4 Å². The number of hydrogen-bond acceptors (Lipinski definition) is 4. The Kier molecular flexibility index (Phi) is 5.32. The first kappa shape index (κ1) is 18.8. The summed E-state index contributed by atoms with van der Waals surface area (Å²) in [6.45, 7) is 3.36. The standard InChI is InChI=1S/C19H24N2O4S/c1-3-17(13-10-14(23)11-13)21-26(24,25)19-9-8-18(20-12(2)22)15-6-4-5-7-16(15)19/h4-9,13-14,17,21,23H,3,10-11H2,1-2H3,(H,20,22). The number of aliphatic hydroxyl groups excluding tert-OH is 1. The highest BCUT2D eigenvalue weighted by Crippen LogP contribution is 2.34. The van der Waals surface area contributed by atoms with E-state index in [-0.39, 0.29) is 28.9 Å². The van der Waals surface area contributed by atoms with E-state index >= 15 is 0 Å². The van der Waals surface area contributed by atoms with E-state index in [4.69, 9.17) is 0 Å². The zero-order valence-electron chi connectivity index (χ0n) is 14.9. The van der Waals surface area contributed by atoms with Gasteiger partial charge in [0.15, 0.2) is 0 Å². The maximum atomic E-state index is 13.0. The zero-order valence-corrected chi connectivity index (χ0v) is 15.7. The third kappa shape index (κ3) is 3.75. The van der Waals surface area contributed by atoms with Crippen LogP contribution in [0.4, 0.5) is 5.69 Å². The molecule has 2 aromatic rings. The van der Waals surface area contributed by atoms with Crippen LogP contribution in [0.15, 0.2) is 41.3 Å². The molecule has 1 saturated carbocycles. The van der Waals surface area contributed by atoms with Gasteiger partial charge in [0, 0.05) is 29.4 Å². The van der Waals surface area contributed by atoms with Gasteiger partial charge in [-0.2, -0.15) is 0 Å². The molecule has 1 atom stereocenters. The fourth-order valence-electron chi connectivity index (χ4n) is 3.54. The van der Waals surface area contributed by atoms with E-state index < -0.39 is 10.0 Å². The highest BCUT2D eigenvalue weighted by molar-refractivity contribution is 7.89. The van der Waals surface area contributed by atoms with E-state index in [0.717, 1.165) is 0 Å². The minimum absolute atomic E-state index is 0.162. The van der Waals surface area contributed by atoms with Crippen LogP contribution >= 0.6 is 0 Å². The largest absolute Gasteiger partial charge is 0.393 e. The molecular formula is C19H24N2O4S. The maximum Gasteiger partial charge on any atom is 0.241 e. The van der Waals surface area contributed by atoms with Crippen LogP contribution in [0.3, 0.4) is 0 Å². The van der Waals surface area contributed by atoms with Crippen molar-refractivity contribution in [1.29, 1.82) is 0 Å². The van der Waals surface area contributed by atoms with Crippen LogP contribution in [0.25, 0.3) is 10.8 Å². The van der Waals surface area contributed by atoms with Crippen LogP contribution in [-0.4, -0.2) is 31.6 Å². The predicted molar refractivity (Wildman–Crippen MR) is 101 cm³/mol. The van der Waals surface area contributed by atoms with E-state index in [9.17, 15) is 18.3 Å². The Balaban J connectivity index is 1.97. The van der Waals surface area contributed by atoms with Crippen molar-refractivity contribution in [3.63, 3.8) is 0 Å². The molecule has 3 rings (SSSR count). The first-order valence-electron chi connectivity index (χ1n) is 8.81. The zero-order chi connectivity index (χ0) is 18.9. The minimum Gasteiger partial charge on any atom is -0.393 e. The molecule has 1 fully saturated rings. The van der Waals surface area contributed by atoms with Gasteiger partial charge < -0.3 is 10.4 Å². The Hall–Kier alpha value is -1.96.